The lowest BCUT2D eigenvalue weighted by molar-refractivity contribution is -0.137. The van der Waals surface area contributed by atoms with Crippen LogP contribution in [0, 0.1) is 5.92 Å². The van der Waals surface area contributed by atoms with E-state index in [1.807, 2.05) is 13.1 Å². The number of alkyl halides is 3. The third kappa shape index (κ3) is 6.42. The van der Waals surface area contributed by atoms with Crippen LogP contribution in [0.15, 0.2) is 54.0 Å². The van der Waals surface area contributed by atoms with Gasteiger partial charge in [0.1, 0.15) is 0 Å². The van der Waals surface area contributed by atoms with E-state index >= 15 is 0 Å². The number of nitrogens with zero attached hydrogens (tertiary/aromatic N) is 2. The van der Waals surface area contributed by atoms with Gasteiger partial charge in [0.2, 0.25) is 10.0 Å². The molecule has 0 unspecified atom stereocenters. The number of benzene rings is 1. The molecule has 0 aromatic heterocycles. The quantitative estimate of drug-likeness (QED) is 0.568. The number of rotatable bonds is 8. The molecule has 1 aliphatic rings. The minimum absolute atomic E-state index is 0.111. The van der Waals surface area contributed by atoms with Crippen molar-refractivity contribution >= 4 is 10.0 Å². The molecule has 1 fully saturated rings. The first kappa shape index (κ1) is 23.6. The molecule has 4 nitrogen and oxygen atoms in total. The van der Waals surface area contributed by atoms with Crippen molar-refractivity contribution in [3.05, 3.63) is 54.6 Å². The molecule has 0 N–H and O–H groups in total. The number of hydrogen-bond acceptors (Lipinski definition) is 3. The molecule has 8 heteroatoms. The van der Waals surface area contributed by atoms with Gasteiger partial charge in [-0.1, -0.05) is 18.2 Å². The van der Waals surface area contributed by atoms with Gasteiger partial charge in [-0.3, -0.25) is 4.90 Å². The van der Waals surface area contributed by atoms with Gasteiger partial charge < -0.3 is 0 Å². The minimum atomic E-state index is -4.49. The second-order valence-electron chi connectivity index (χ2n) is 7.55. The summed E-state index contributed by atoms with van der Waals surface area (Å²) in [7, 11) is -0.291. The van der Waals surface area contributed by atoms with Crippen molar-refractivity contribution in [2.45, 2.75) is 42.8 Å². The van der Waals surface area contributed by atoms with Gasteiger partial charge in [-0.2, -0.15) is 17.5 Å². The Kier molecular flexibility index (Phi) is 8.08. The van der Waals surface area contributed by atoms with Crippen molar-refractivity contribution in [2.75, 3.05) is 27.2 Å². The first-order chi connectivity index (χ1) is 13.6. The fourth-order valence-corrected chi connectivity index (χ4v) is 4.98. The van der Waals surface area contributed by atoms with E-state index in [0.29, 0.717) is 5.92 Å². The van der Waals surface area contributed by atoms with Gasteiger partial charge >= 0.3 is 6.18 Å². The number of allylic oxidation sites excluding steroid dienone is 1. The van der Waals surface area contributed by atoms with E-state index in [1.54, 1.807) is 0 Å². The van der Waals surface area contributed by atoms with E-state index < -0.39 is 21.8 Å². The van der Waals surface area contributed by atoms with Crippen molar-refractivity contribution < 1.29 is 21.6 Å². The molecular weight excluding hydrogens is 401 g/mol. The highest BCUT2D eigenvalue weighted by molar-refractivity contribution is 7.89. The Morgan fingerprint density at radius 1 is 1.07 bits per heavy atom. The summed E-state index contributed by atoms with van der Waals surface area (Å²) in [6.45, 7) is 5.38. The van der Waals surface area contributed by atoms with Crippen LogP contribution < -0.4 is 0 Å². The third-order valence-corrected chi connectivity index (χ3v) is 7.30. The summed E-state index contributed by atoms with van der Waals surface area (Å²) in [5, 5.41) is 0. The van der Waals surface area contributed by atoms with Crippen LogP contribution in [0.25, 0.3) is 0 Å². The Labute approximate surface area is 171 Å². The van der Waals surface area contributed by atoms with Crippen molar-refractivity contribution in [1.82, 2.24) is 9.21 Å². The number of sulfonamides is 1. The molecule has 2 rings (SSSR count). The Morgan fingerprint density at radius 3 is 2.17 bits per heavy atom. The number of hydrogen-bond donors (Lipinski definition) is 0. The highest BCUT2D eigenvalue weighted by Gasteiger charge is 2.33. The first-order valence-corrected chi connectivity index (χ1v) is 11.1. The zero-order chi connectivity index (χ0) is 21.7. The third-order valence-electron chi connectivity index (χ3n) is 5.38. The minimum Gasteiger partial charge on any atom is -0.299 e. The van der Waals surface area contributed by atoms with Crippen LogP contribution >= 0.6 is 0 Å². The lowest BCUT2D eigenvalue weighted by Gasteiger charge is -2.33. The van der Waals surface area contributed by atoms with Crippen LogP contribution in [0.4, 0.5) is 13.2 Å². The van der Waals surface area contributed by atoms with Crippen molar-refractivity contribution in [3.63, 3.8) is 0 Å². The monoisotopic (exact) mass is 430 g/mol. The standard InChI is InChI=1S/C21H29F3N2O2S/c1-4-15-25(2)16-5-6-17-7-11-19(12-8-17)26(3)29(27,28)20-13-9-18(10-14-20)21(22,23)24/h4-6,9-10,13-14,17,19H,1,7-8,11-12,15-16H2,2-3H3. The second-order valence-corrected chi connectivity index (χ2v) is 9.55. The fourth-order valence-electron chi connectivity index (χ4n) is 3.56. The van der Waals surface area contributed by atoms with E-state index in [-0.39, 0.29) is 10.9 Å². The summed E-state index contributed by atoms with van der Waals surface area (Å²) in [6.07, 6.45) is 4.93. The molecule has 0 aliphatic heterocycles. The van der Waals surface area contributed by atoms with Gasteiger partial charge in [0.25, 0.3) is 0 Å². The fraction of sp³-hybridized carbons (Fsp3) is 0.524. The maximum absolute atomic E-state index is 12.8. The summed E-state index contributed by atoms with van der Waals surface area (Å²) in [5.74, 6) is 0.422. The first-order valence-electron chi connectivity index (χ1n) is 9.67. The van der Waals surface area contributed by atoms with Gasteiger partial charge in [0.15, 0.2) is 0 Å². The van der Waals surface area contributed by atoms with Crippen molar-refractivity contribution in [2.24, 2.45) is 5.92 Å². The molecule has 0 spiro atoms. The van der Waals surface area contributed by atoms with Crippen molar-refractivity contribution in [1.29, 1.82) is 0 Å². The van der Waals surface area contributed by atoms with Gasteiger partial charge in [-0.25, -0.2) is 8.42 Å². The van der Waals surface area contributed by atoms with Gasteiger partial charge in [0, 0.05) is 26.2 Å². The molecule has 1 aromatic rings. The van der Waals surface area contributed by atoms with E-state index in [1.165, 1.54) is 11.4 Å². The molecular formula is C21H29F3N2O2S. The molecule has 0 saturated heterocycles. The molecule has 162 valence electrons. The lowest BCUT2D eigenvalue weighted by Crippen LogP contribution is -2.39. The highest BCUT2D eigenvalue weighted by atomic mass is 32.2. The predicted octanol–water partition coefficient (Wildman–Crippen LogP) is 4.56. The SMILES string of the molecule is C=CCN(C)CC=CC1CCC(N(C)S(=O)(=O)c2ccc(C(F)(F)F)cc2)CC1. The molecule has 1 aliphatic carbocycles. The average Bonchev–Trinajstić information content (AvgIpc) is 2.67. The topological polar surface area (TPSA) is 40.6 Å². The largest absolute Gasteiger partial charge is 0.416 e. The predicted molar refractivity (Wildman–Crippen MR) is 109 cm³/mol. The van der Waals surface area contributed by atoms with Gasteiger partial charge in [-0.05, 0) is 62.9 Å². The Balaban J connectivity index is 1.94. The average molecular weight is 431 g/mol. The van der Waals surface area contributed by atoms with Gasteiger partial charge in [-0.15, -0.1) is 6.58 Å². The molecule has 0 amide bonds. The zero-order valence-electron chi connectivity index (χ0n) is 16.9. The van der Waals surface area contributed by atoms with Crippen LogP contribution in [0.3, 0.4) is 0 Å². The van der Waals surface area contributed by atoms with Crippen LogP contribution in [-0.4, -0.2) is 50.8 Å². The molecule has 0 radical (unpaired) electrons. The van der Waals surface area contributed by atoms with E-state index in [0.717, 1.165) is 63.0 Å². The molecule has 1 aromatic carbocycles. The Morgan fingerprint density at radius 2 is 1.66 bits per heavy atom. The summed E-state index contributed by atoms with van der Waals surface area (Å²) < 4.78 is 65.0. The van der Waals surface area contributed by atoms with E-state index in [2.05, 4.69) is 23.6 Å². The maximum Gasteiger partial charge on any atom is 0.416 e. The summed E-state index contributed by atoms with van der Waals surface area (Å²) in [6, 6.07) is 3.54. The number of halogens is 3. The molecule has 1 saturated carbocycles. The Hall–Kier alpha value is -1.64. The smallest absolute Gasteiger partial charge is 0.299 e. The van der Waals surface area contributed by atoms with Gasteiger partial charge in [0.05, 0.1) is 10.5 Å². The molecule has 29 heavy (non-hydrogen) atoms. The van der Waals surface area contributed by atoms with E-state index in [9.17, 15) is 21.6 Å². The molecule has 0 bridgehead atoms. The Bertz CT molecular complexity index is 796. The van der Waals surface area contributed by atoms with Crippen LogP contribution in [0.5, 0.6) is 0 Å². The number of likely N-dealkylation sites (N-methyl/N-ethyl adjacent to an activating group) is 1. The molecule has 0 heterocycles. The highest BCUT2D eigenvalue weighted by Crippen LogP contribution is 2.32. The maximum atomic E-state index is 12.8. The zero-order valence-corrected chi connectivity index (χ0v) is 17.7. The molecule has 0 atom stereocenters. The van der Waals surface area contributed by atoms with Crippen LogP contribution in [-0.2, 0) is 16.2 Å². The van der Waals surface area contributed by atoms with E-state index in [4.69, 9.17) is 0 Å². The van der Waals surface area contributed by atoms with Crippen LogP contribution in [0.2, 0.25) is 0 Å². The summed E-state index contributed by atoms with van der Waals surface area (Å²) >= 11 is 0. The normalized spacial score (nSPS) is 21.2. The summed E-state index contributed by atoms with van der Waals surface area (Å²) in [4.78, 5) is 2.03. The summed E-state index contributed by atoms with van der Waals surface area (Å²) in [5.41, 5.74) is -0.856. The van der Waals surface area contributed by atoms with Crippen LogP contribution in [0.1, 0.15) is 31.2 Å². The lowest BCUT2D eigenvalue weighted by atomic mass is 9.86. The van der Waals surface area contributed by atoms with Crippen molar-refractivity contribution in [3.8, 4) is 0 Å². The second kappa shape index (κ2) is 9.91.